The summed E-state index contributed by atoms with van der Waals surface area (Å²) >= 11 is 3.36. The van der Waals surface area contributed by atoms with Crippen molar-refractivity contribution in [1.29, 1.82) is 0 Å². The molecule has 1 aromatic rings. The predicted molar refractivity (Wildman–Crippen MR) is 62.9 cm³/mol. The number of para-hydroxylation sites is 1. The van der Waals surface area contributed by atoms with Crippen molar-refractivity contribution in [3.8, 4) is 5.75 Å². The smallest absolute Gasteiger partial charge is 0.260 e. The monoisotopic (exact) mass is 271 g/mol. The van der Waals surface area contributed by atoms with Gasteiger partial charge in [0.15, 0.2) is 6.10 Å². The number of nitrogens with one attached hydrogen (secondary N) is 1. The second kappa shape index (κ2) is 5.75. The molecule has 1 rings (SSSR count). The van der Waals surface area contributed by atoms with E-state index >= 15 is 0 Å². The fraction of sp³-hybridized carbons (Fsp3) is 0.364. The summed E-state index contributed by atoms with van der Waals surface area (Å²) in [6.07, 6.45) is -0.483. The molecule has 1 aromatic carbocycles. The summed E-state index contributed by atoms with van der Waals surface area (Å²) in [5, 5.41) is 2.71. The third kappa shape index (κ3) is 3.55. The van der Waals surface area contributed by atoms with E-state index in [1.165, 1.54) is 0 Å². The molecule has 82 valence electrons. The molecule has 0 heterocycles. The summed E-state index contributed by atoms with van der Waals surface area (Å²) in [6.45, 7) is 4.22. The van der Waals surface area contributed by atoms with Gasteiger partial charge in [0.05, 0.1) is 4.47 Å². The first-order chi connectivity index (χ1) is 7.15. The Balaban J connectivity index is 2.62. The first-order valence-electron chi connectivity index (χ1n) is 4.84. The molecule has 4 heteroatoms. The fourth-order valence-corrected chi connectivity index (χ4v) is 1.48. The van der Waals surface area contributed by atoms with Gasteiger partial charge in [0.2, 0.25) is 0 Å². The molecule has 0 aromatic heterocycles. The second-order valence-electron chi connectivity index (χ2n) is 3.09. The molecule has 3 nitrogen and oxygen atoms in total. The molecule has 0 aliphatic rings. The van der Waals surface area contributed by atoms with E-state index in [1.807, 2.05) is 31.2 Å². The zero-order chi connectivity index (χ0) is 11.3. The van der Waals surface area contributed by atoms with Crippen LogP contribution in [-0.4, -0.2) is 18.6 Å². The quantitative estimate of drug-likeness (QED) is 0.913. The highest BCUT2D eigenvalue weighted by molar-refractivity contribution is 9.10. The molecule has 0 radical (unpaired) electrons. The Morgan fingerprint density at radius 3 is 2.80 bits per heavy atom. The van der Waals surface area contributed by atoms with E-state index in [4.69, 9.17) is 4.74 Å². The number of benzene rings is 1. The topological polar surface area (TPSA) is 38.3 Å². The summed E-state index contributed by atoms with van der Waals surface area (Å²) in [7, 11) is 0. The van der Waals surface area contributed by atoms with Crippen molar-refractivity contribution < 1.29 is 9.53 Å². The Kier molecular flexibility index (Phi) is 4.62. The van der Waals surface area contributed by atoms with E-state index in [-0.39, 0.29) is 5.91 Å². The highest BCUT2D eigenvalue weighted by Crippen LogP contribution is 2.24. The number of carbonyl (C=O) groups excluding carboxylic acids is 1. The SMILES string of the molecule is CCNC(=O)C(C)Oc1ccccc1Br. The lowest BCUT2D eigenvalue weighted by Gasteiger charge is -2.14. The Bertz CT molecular complexity index is 341. The van der Waals surface area contributed by atoms with Gasteiger partial charge in [-0.2, -0.15) is 0 Å². The minimum absolute atomic E-state index is 0.103. The Hall–Kier alpha value is -1.03. The van der Waals surface area contributed by atoms with E-state index in [1.54, 1.807) is 6.92 Å². The lowest BCUT2D eigenvalue weighted by molar-refractivity contribution is -0.127. The van der Waals surface area contributed by atoms with Crippen LogP contribution >= 0.6 is 15.9 Å². The number of rotatable bonds is 4. The summed E-state index contributed by atoms with van der Waals surface area (Å²) in [6, 6.07) is 7.46. The largest absolute Gasteiger partial charge is 0.480 e. The number of amides is 1. The Labute approximate surface area is 97.9 Å². The molecule has 0 fully saturated rings. The van der Waals surface area contributed by atoms with Gasteiger partial charge in [0.1, 0.15) is 5.75 Å². The maximum Gasteiger partial charge on any atom is 0.260 e. The third-order valence-corrected chi connectivity index (χ3v) is 2.52. The molecule has 0 aliphatic heterocycles. The molecule has 1 amide bonds. The van der Waals surface area contributed by atoms with Crippen molar-refractivity contribution in [2.24, 2.45) is 0 Å². The van der Waals surface area contributed by atoms with Gasteiger partial charge >= 0.3 is 0 Å². The van der Waals surface area contributed by atoms with Gasteiger partial charge in [0.25, 0.3) is 5.91 Å². The minimum atomic E-state index is -0.483. The average molecular weight is 272 g/mol. The fourth-order valence-electron chi connectivity index (χ4n) is 1.10. The zero-order valence-corrected chi connectivity index (χ0v) is 10.4. The van der Waals surface area contributed by atoms with Gasteiger partial charge < -0.3 is 10.1 Å². The van der Waals surface area contributed by atoms with Gasteiger partial charge in [-0.25, -0.2) is 0 Å². The third-order valence-electron chi connectivity index (χ3n) is 1.86. The molecule has 0 aliphatic carbocycles. The van der Waals surface area contributed by atoms with E-state index in [2.05, 4.69) is 21.2 Å². The molecule has 1 unspecified atom stereocenters. The van der Waals surface area contributed by atoms with Crippen LogP contribution in [0.25, 0.3) is 0 Å². The first kappa shape index (κ1) is 12.0. The van der Waals surface area contributed by atoms with Crippen molar-refractivity contribution in [3.63, 3.8) is 0 Å². The number of ether oxygens (including phenoxy) is 1. The predicted octanol–water partition coefficient (Wildman–Crippen LogP) is 2.35. The van der Waals surface area contributed by atoms with Crippen LogP contribution in [0.15, 0.2) is 28.7 Å². The maximum absolute atomic E-state index is 11.4. The average Bonchev–Trinajstić information content (AvgIpc) is 2.21. The van der Waals surface area contributed by atoms with Crippen LogP contribution in [0.3, 0.4) is 0 Å². The zero-order valence-electron chi connectivity index (χ0n) is 8.79. The molecule has 15 heavy (non-hydrogen) atoms. The van der Waals surface area contributed by atoms with Gasteiger partial charge in [-0.3, -0.25) is 4.79 Å². The van der Waals surface area contributed by atoms with Crippen molar-refractivity contribution in [1.82, 2.24) is 5.32 Å². The van der Waals surface area contributed by atoms with Crippen LogP contribution in [-0.2, 0) is 4.79 Å². The van der Waals surface area contributed by atoms with E-state index < -0.39 is 6.10 Å². The number of hydrogen-bond donors (Lipinski definition) is 1. The number of hydrogen-bond acceptors (Lipinski definition) is 2. The number of halogens is 1. The van der Waals surface area contributed by atoms with Crippen molar-refractivity contribution in [2.45, 2.75) is 20.0 Å². The molecule has 0 saturated carbocycles. The highest BCUT2D eigenvalue weighted by atomic mass is 79.9. The van der Waals surface area contributed by atoms with Crippen LogP contribution in [0.1, 0.15) is 13.8 Å². The van der Waals surface area contributed by atoms with E-state index in [0.29, 0.717) is 12.3 Å². The molecule has 1 N–H and O–H groups in total. The molecule has 0 spiro atoms. The maximum atomic E-state index is 11.4. The Morgan fingerprint density at radius 1 is 1.53 bits per heavy atom. The van der Waals surface area contributed by atoms with Crippen LogP contribution in [0.2, 0.25) is 0 Å². The summed E-state index contributed by atoms with van der Waals surface area (Å²) < 4.78 is 6.35. The molecule has 0 bridgehead atoms. The van der Waals surface area contributed by atoms with Crippen LogP contribution in [0, 0.1) is 0 Å². The van der Waals surface area contributed by atoms with Crippen LogP contribution < -0.4 is 10.1 Å². The summed E-state index contributed by atoms with van der Waals surface area (Å²) in [5.74, 6) is 0.574. The van der Waals surface area contributed by atoms with E-state index in [0.717, 1.165) is 4.47 Å². The van der Waals surface area contributed by atoms with E-state index in [9.17, 15) is 4.79 Å². The molecular formula is C11H14BrNO2. The lowest BCUT2D eigenvalue weighted by atomic mass is 10.3. The van der Waals surface area contributed by atoms with Gasteiger partial charge in [-0.1, -0.05) is 12.1 Å². The molecular weight excluding hydrogens is 258 g/mol. The summed E-state index contributed by atoms with van der Waals surface area (Å²) in [4.78, 5) is 11.4. The normalized spacial score (nSPS) is 11.9. The van der Waals surface area contributed by atoms with Gasteiger partial charge in [-0.05, 0) is 41.9 Å². The number of carbonyl (C=O) groups is 1. The van der Waals surface area contributed by atoms with Crippen molar-refractivity contribution in [2.75, 3.05) is 6.54 Å². The molecule has 1 atom stereocenters. The van der Waals surface area contributed by atoms with Crippen LogP contribution in [0.4, 0.5) is 0 Å². The number of likely N-dealkylation sites (N-methyl/N-ethyl adjacent to an activating group) is 1. The first-order valence-corrected chi connectivity index (χ1v) is 5.63. The Morgan fingerprint density at radius 2 is 2.20 bits per heavy atom. The minimum Gasteiger partial charge on any atom is -0.480 e. The van der Waals surface area contributed by atoms with Gasteiger partial charge in [0, 0.05) is 6.54 Å². The standard InChI is InChI=1S/C11H14BrNO2/c1-3-13-11(14)8(2)15-10-7-5-4-6-9(10)12/h4-8H,3H2,1-2H3,(H,13,14). The lowest BCUT2D eigenvalue weighted by Crippen LogP contribution is -2.36. The van der Waals surface area contributed by atoms with Crippen molar-refractivity contribution >= 4 is 21.8 Å². The van der Waals surface area contributed by atoms with Crippen LogP contribution in [0.5, 0.6) is 5.75 Å². The van der Waals surface area contributed by atoms with Crippen molar-refractivity contribution in [3.05, 3.63) is 28.7 Å². The second-order valence-corrected chi connectivity index (χ2v) is 3.94. The highest BCUT2D eigenvalue weighted by Gasteiger charge is 2.14. The molecule has 0 saturated heterocycles. The summed E-state index contributed by atoms with van der Waals surface area (Å²) in [5.41, 5.74) is 0. The van der Waals surface area contributed by atoms with Gasteiger partial charge in [-0.15, -0.1) is 0 Å².